The first kappa shape index (κ1) is 33.9. The fourth-order valence-electron chi connectivity index (χ4n) is 5.36. The van der Waals surface area contributed by atoms with Gasteiger partial charge in [-0.2, -0.15) is 0 Å². The number of aryl methyl sites for hydroxylation is 5. The Morgan fingerprint density at radius 1 is 0.490 bits per heavy atom. The number of aromatic nitrogens is 5. The van der Waals surface area contributed by atoms with Crippen molar-refractivity contribution in [2.75, 3.05) is 33.5 Å². The number of nitrogen functional groups attached to an aromatic ring is 1. The predicted molar refractivity (Wildman–Crippen MR) is 186 cm³/mol. The molecule has 5 aromatic heterocycles. The molecule has 0 radical (unpaired) electrons. The highest BCUT2D eigenvalue weighted by molar-refractivity contribution is 6.09. The van der Waals surface area contributed by atoms with E-state index in [2.05, 4.69) is 26.6 Å². The third-order valence-corrected chi connectivity index (χ3v) is 7.78. The molecule has 0 aliphatic rings. The van der Waals surface area contributed by atoms with Crippen LogP contribution in [0.4, 0.5) is 28.4 Å². The molecule has 0 aromatic carbocycles. The Morgan fingerprint density at radius 3 is 1.06 bits per heavy atom. The Labute approximate surface area is 281 Å². The molecular weight excluding hydrogens is 630 g/mol. The van der Waals surface area contributed by atoms with Crippen molar-refractivity contribution < 1.29 is 24.0 Å². The van der Waals surface area contributed by atoms with Crippen LogP contribution in [-0.4, -0.2) is 58.9 Å². The normalized spacial score (nSPS) is 10.9. The Bertz CT molecular complexity index is 2090. The van der Waals surface area contributed by atoms with E-state index in [4.69, 9.17) is 5.73 Å². The average molecular weight is 670 g/mol. The van der Waals surface area contributed by atoms with Crippen LogP contribution < -0.4 is 32.3 Å². The fraction of sp³-hybridized carbons (Fsp3) is 0.242. The minimum Gasteiger partial charge on any atom is -0.397 e. The van der Waals surface area contributed by atoms with Crippen LogP contribution in [0.5, 0.6) is 0 Å². The van der Waals surface area contributed by atoms with E-state index in [-0.39, 0.29) is 28.9 Å². The van der Waals surface area contributed by atoms with Crippen molar-refractivity contribution in [1.29, 1.82) is 0 Å². The van der Waals surface area contributed by atoms with Crippen LogP contribution in [-0.2, 0) is 35.2 Å². The number of carbonyl (C=O) groups excluding carboxylic acids is 5. The molecule has 16 heteroatoms. The van der Waals surface area contributed by atoms with E-state index >= 15 is 0 Å². The van der Waals surface area contributed by atoms with Gasteiger partial charge in [-0.05, 0) is 36.8 Å². The summed E-state index contributed by atoms with van der Waals surface area (Å²) in [6.45, 7) is 2.51. The van der Waals surface area contributed by atoms with Gasteiger partial charge in [-0.1, -0.05) is 6.92 Å². The van der Waals surface area contributed by atoms with Crippen LogP contribution in [0.25, 0.3) is 0 Å². The molecule has 0 atom stereocenters. The van der Waals surface area contributed by atoms with Crippen LogP contribution in [0.2, 0.25) is 0 Å². The first-order chi connectivity index (χ1) is 23.2. The van der Waals surface area contributed by atoms with E-state index in [0.29, 0.717) is 46.4 Å². The molecular formula is C33H39N11O5. The van der Waals surface area contributed by atoms with Crippen LogP contribution in [0.3, 0.4) is 0 Å². The topological polar surface area (TPSA) is 196 Å². The summed E-state index contributed by atoms with van der Waals surface area (Å²) < 4.78 is 7.95. The Hall–Kier alpha value is -6.45. The molecule has 0 unspecified atom stereocenters. The molecule has 0 saturated heterocycles. The summed E-state index contributed by atoms with van der Waals surface area (Å²) in [7, 11) is 8.44. The third-order valence-electron chi connectivity index (χ3n) is 7.78. The zero-order valence-corrected chi connectivity index (χ0v) is 28.0. The van der Waals surface area contributed by atoms with Crippen LogP contribution >= 0.6 is 0 Å². The number of nitrogens with one attached hydrogen (secondary N) is 5. The molecule has 256 valence electrons. The summed E-state index contributed by atoms with van der Waals surface area (Å²) in [5.41, 5.74) is 9.46. The molecule has 16 nitrogen and oxygen atoms in total. The summed E-state index contributed by atoms with van der Waals surface area (Å²) in [6, 6.07) is 7.76. The Balaban J connectivity index is 1.21. The SMILES string of the molecule is CCCNC(=O)c1cc(NC(=O)c2cc(NC(=O)c3cc(NC(=O)c4cc(NC(=O)c5cc(N)cn5C)cn4C)cn3C)cn2C)cn1C. The second-order valence-electron chi connectivity index (χ2n) is 11.7. The Morgan fingerprint density at radius 2 is 0.776 bits per heavy atom. The quantitative estimate of drug-likeness (QED) is 0.125. The number of hydrogen-bond acceptors (Lipinski definition) is 6. The van der Waals surface area contributed by atoms with Crippen LogP contribution in [0, 0.1) is 0 Å². The highest BCUT2D eigenvalue weighted by Crippen LogP contribution is 2.21. The van der Waals surface area contributed by atoms with Gasteiger partial charge in [0.05, 0.1) is 28.4 Å². The first-order valence-electron chi connectivity index (χ1n) is 15.3. The maximum atomic E-state index is 13.2. The van der Waals surface area contributed by atoms with Crippen LogP contribution in [0.15, 0.2) is 61.3 Å². The van der Waals surface area contributed by atoms with E-state index in [1.807, 2.05) is 6.92 Å². The van der Waals surface area contributed by atoms with Gasteiger partial charge in [0, 0.05) is 72.8 Å². The summed E-state index contributed by atoms with van der Waals surface area (Å²) in [4.78, 5) is 64.5. The number of rotatable bonds is 11. The van der Waals surface area contributed by atoms with Crippen LogP contribution in [0.1, 0.15) is 65.8 Å². The number of nitrogens with zero attached hydrogens (tertiary/aromatic N) is 5. The minimum atomic E-state index is -0.462. The van der Waals surface area contributed by atoms with Gasteiger partial charge >= 0.3 is 0 Å². The lowest BCUT2D eigenvalue weighted by molar-refractivity contribution is 0.0942. The van der Waals surface area contributed by atoms with Gasteiger partial charge in [0.1, 0.15) is 28.5 Å². The molecule has 0 spiro atoms. The lowest BCUT2D eigenvalue weighted by Gasteiger charge is -2.03. The lowest BCUT2D eigenvalue weighted by Crippen LogP contribution is -2.25. The summed E-state index contributed by atoms with van der Waals surface area (Å²) in [5, 5.41) is 13.9. The van der Waals surface area contributed by atoms with Gasteiger partial charge in [-0.15, -0.1) is 0 Å². The number of nitrogens with two attached hydrogens (primary N) is 1. The molecule has 5 heterocycles. The van der Waals surface area contributed by atoms with E-state index < -0.39 is 17.7 Å². The maximum absolute atomic E-state index is 13.2. The monoisotopic (exact) mass is 669 g/mol. The molecule has 5 aromatic rings. The van der Waals surface area contributed by atoms with E-state index in [1.54, 1.807) is 107 Å². The van der Waals surface area contributed by atoms with Crippen molar-refractivity contribution in [1.82, 2.24) is 28.2 Å². The molecule has 0 fully saturated rings. The van der Waals surface area contributed by atoms with Gasteiger partial charge in [-0.25, -0.2) is 0 Å². The van der Waals surface area contributed by atoms with Gasteiger partial charge in [-0.3, -0.25) is 24.0 Å². The van der Waals surface area contributed by atoms with Crippen molar-refractivity contribution >= 4 is 58.0 Å². The molecule has 0 bridgehead atoms. The van der Waals surface area contributed by atoms with Gasteiger partial charge in [0.25, 0.3) is 29.5 Å². The minimum absolute atomic E-state index is 0.234. The molecule has 7 N–H and O–H groups in total. The zero-order chi connectivity index (χ0) is 35.6. The van der Waals surface area contributed by atoms with Gasteiger partial charge < -0.3 is 55.2 Å². The lowest BCUT2D eigenvalue weighted by atomic mass is 10.3. The second kappa shape index (κ2) is 13.7. The van der Waals surface area contributed by atoms with Crippen molar-refractivity contribution in [3.63, 3.8) is 0 Å². The summed E-state index contributed by atoms with van der Waals surface area (Å²) >= 11 is 0. The maximum Gasteiger partial charge on any atom is 0.272 e. The first-order valence-corrected chi connectivity index (χ1v) is 15.3. The smallest absolute Gasteiger partial charge is 0.272 e. The van der Waals surface area contributed by atoms with Gasteiger partial charge in [0.15, 0.2) is 0 Å². The standard InChI is InChI=1S/C33H39N11O5/c1-7-8-35-29(45)25-10-20(15-41(25)3)37-31(47)27-12-22(17-43(27)5)39-33(49)28-13-23(18-44(28)6)38-32(48)26-11-21(16-42(26)4)36-30(46)24-9-19(34)14-40(24)2/h9-18H,7-8,34H2,1-6H3,(H,35,45)(H,36,46)(H,37,47)(H,38,48)(H,39,49). The van der Waals surface area contributed by atoms with Gasteiger partial charge in [0.2, 0.25) is 0 Å². The fourth-order valence-corrected chi connectivity index (χ4v) is 5.36. The molecule has 49 heavy (non-hydrogen) atoms. The zero-order valence-electron chi connectivity index (χ0n) is 28.0. The summed E-state index contributed by atoms with van der Waals surface area (Å²) in [6.07, 6.45) is 8.89. The third kappa shape index (κ3) is 7.43. The van der Waals surface area contributed by atoms with E-state index in [9.17, 15) is 24.0 Å². The van der Waals surface area contributed by atoms with E-state index in [0.717, 1.165) is 6.42 Å². The predicted octanol–water partition coefficient (Wildman–Crippen LogP) is 3.11. The number of carbonyl (C=O) groups is 5. The van der Waals surface area contributed by atoms with Crippen molar-refractivity contribution in [3.8, 4) is 0 Å². The number of hydrogen-bond donors (Lipinski definition) is 6. The van der Waals surface area contributed by atoms with E-state index in [1.165, 1.54) is 12.1 Å². The largest absolute Gasteiger partial charge is 0.397 e. The second-order valence-corrected chi connectivity index (χ2v) is 11.7. The highest BCUT2D eigenvalue weighted by Gasteiger charge is 2.20. The molecule has 5 amide bonds. The summed E-state index contributed by atoms with van der Waals surface area (Å²) in [5.74, 6) is -1.94. The molecule has 0 saturated carbocycles. The van der Waals surface area contributed by atoms with Crippen molar-refractivity contribution in [2.24, 2.45) is 35.2 Å². The van der Waals surface area contributed by atoms with Crippen molar-refractivity contribution in [2.45, 2.75) is 13.3 Å². The average Bonchev–Trinajstić information content (AvgIpc) is 3.84. The molecule has 0 aliphatic heterocycles. The number of amides is 5. The Kier molecular flexibility index (Phi) is 9.50. The molecule has 5 rings (SSSR count). The molecule has 0 aliphatic carbocycles. The van der Waals surface area contributed by atoms with Crippen molar-refractivity contribution in [3.05, 3.63) is 89.8 Å². The highest BCUT2D eigenvalue weighted by atomic mass is 16.2. The number of anilines is 5.